The molecule has 0 bridgehead atoms. The molecule has 11 rings (SSSR count). The number of para-hydroxylation sites is 2. The highest BCUT2D eigenvalue weighted by atomic mass is 15.2. The van der Waals surface area contributed by atoms with E-state index in [1.807, 2.05) is 0 Å². The number of fused-ring (bicyclic) bond motifs is 9. The number of benzene rings is 7. The van der Waals surface area contributed by atoms with Gasteiger partial charge >= 0.3 is 0 Å². The van der Waals surface area contributed by atoms with Crippen molar-refractivity contribution in [3.63, 3.8) is 0 Å². The standard InChI is InChI=1S/C55H42N2/c1-2-3-5-17-41-32-42-26-29-44(36-49(42)46-21-9-8-20-45(41)46)57-53-25-13-11-23-48(53)51-35-40(28-31-55(51)57)39-27-30-54-50(34-39)47-22-10-12-24-52(47)56(54)43-19-14-18-38(33-43)37-15-6-4-7-16-37/h2-18,20-29,31-36,43,54H,19,30H2,1H3/b3-2-,17-5-. The van der Waals surface area contributed by atoms with Gasteiger partial charge in [-0.25, -0.2) is 0 Å². The van der Waals surface area contributed by atoms with E-state index in [1.54, 1.807) is 0 Å². The summed E-state index contributed by atoms with van der Waals surface area (Å²) in [6.45, 7) is 2.05. The van der Waals surface area contributed by atoms with Crippen LogP contribution < -0.4 is 4.90 Å². The Kier molecular flexibility index (Phi) is 8.03. The first-order valence-electron chi connectivity index (χ1n) is 20.3. The second-order valence-electron chi connectivity index (χ2n) is 15.5. The van der Waals surface area contributed by atoms with Crippen LogP contribution >= 0.6 is 0 Å². The quantitative estimate of drug-likeness (QED) is 0.122. The number of aromatic nitrogens is 1. The smallest absolute Gasteiger partial charge is 0.0590 e. The van der Waals surface area contributed by atoms with E-state index in [2.05, 4.69) is 217 Å². The van der Waals surface area contributed by atoms with E-state index in [9.17, 15) is 0 Å². The molecule has 1 aromatic heterocycles. The molecule has 0 amide bonds. The Morgan fingerprint density at radius 2 is 1.39 bits per heavy atom. The molecule has 8 aromatic rings. The third-order valence-corrected chi connectivity index (χ3v) is 12.3. The lowest BCUT2D eigenvalue weighted by Crippen LogP contribution is -2.40. The maximum atomic E-state index is 2.69. The zero-order valence-electron chi connectivity index (χ0n) is 32.0. The summed E-state index contributed by atoms with van der Waals surface area (Å²) in [6.07, 6.45) is 22.6. The first-order valence-corrected chi connectivity index (χ1v) is 20.3. The normalized spacial score (nSPS) is 17.8. The van der Waals surface area contributed by atoms with E-state index in [0.29, 0.717) is 12.1 Å². The summed E-state index contributed by atoms with van der Waals surface area (Å²) in [7, 11) is 0. The highest BCUT2D eigenvalue weighted by Gasteiger charge is 2.38. The van der Waals surface area contributed by atoms with Crippen LogP contribution in [0.1, 0.15) is 42.0 Å². The Morgan fingerprint density at radius 3 is 2.28 bits per heavy atom. The van der Waals surface area contributed by atoms with Crippen molar-refractivity contribution >= 4 is 71.8 Å². The van der Waals surface area contributed by atoms with Gasteiger partial charge in [0.15, 0.2) is 0 Å². The van der Waals surface area contributed by atoms with Crippen LogP contribution in [0.5, 0.6) is 0 Å². The number of hydrogen-bond acceptors (Lipinski definition) is 1. The summed E-state index contributed by atoms with van der Waals surface area (Å²) in [5, 5.41) is 7.61. The summed E-state index contributed by atoms with van der Waals surface area (Å²) in [5.41, 5.74) is 14.1. The third-order valence-electron chi connectivity index (χ3n) is 12.3. The van der Waals surface area contributed by atoms with Gasteiger partial charge < -0.3 is 9.47 Å². The van der Waals surface area contributed by atoms with Crippen LogP contribution in [0.25, 0.3) is 71.8 Å². The molecule has 0 saturated carbocycles. The maximum Gasteiger partial charge on any atom is 0.0590 e. The molecule has 2 heterocycles. The van der Waals surface area contributed by atoms with Gasteiger partial charge in [0.2, 0.25) is 0 Å². The van der Waals surface area contributed by atoms with Crippen LogP contribution in [-0.2, 0) is 0 Å². The van der Waals surface area contributed by atoms with Crippen molar-refractivity contribution in [3.8, 4) is 5.69 Å². The van der Waals surface area contributed by atoms with E-state index >= 15 is 0 Å². The molecule has 0 saturated heterocycles. The molecule has 0 radical (unpaired) electrons. The summed E-state index contributed by atoms with van der Waals surface area (Å²) in [4.78, 5) is 2.69. The minimum absolute atomic E-state index is 0.301. The fraction of sp³-hybridized carbons (Fsp3) is 0.0909. The number of allylic oxidation sites excluding steroid dienone is 7. The molecule has 0 fully saturated rings. The summed E-state index contributed by atoms with van der Waals surface area (Å²) < 4.78 is 2.45. The van der Waals surface area contributed by atoms with Crippen molar-refractivity contribution in [3.05, 3.63) is 216 Å². The monoisotopic (exact) mass is 730 g/mol. The zero-order chi connectivity index (χ0) is 37.9. The first-order chi connectivity index (χ1) is 28.2. The van der Waals surface area contributed by atoms with Gasteiger partial charge in [-0.05, 0) is 123 Å². The van der Waals surface area contributed by atoms with E-state index in [1.165, 1.54) is 93.7 Å². The van der Waals surface area contributed by atoms with Gasteiger partial charge in [0.1, 0.15) is 0 Å². The molecule has 3 aliphatic rings. The molecule has 2 heteroatoms. The highest BCUT2D eigenvalue weighted by Crippen LogP contribution is 2.48. The molecule has 57 heavy (non-hydrogen) atoms. The average Bonchev–Trinajstić information content (AvgIpc) is 3.79. The van der Waals surface area contributed by atoms with E-state index in [4.69, 9.17) is 0 Å². The van der Waals surface area contributed by atoms with Gasteiger partial charge in [0.05, 0.1) is 23.1 Å². The van der Waals surface area contributed by atoms with Crippen LogP contribution in [0.2, 0.25) is 0 Å². The van der Waals surface area contributed by atoms with Crippen LogP contribution in [0.4, 0.5) is 5.69 Å². The fourth-order valence-corrected chi connectivity index (χ4v) is 9.71. The molecule has 272 valence electrons. The molecular weight excluding hydrogens is 689 g/mol. The summed E-state index contributed by atoms with van der Waals surface area (Å²) in [6, 6.07) is 54.5. The van der Waals surface area contributed by atoms with E-state index in [-0.39, 0.29) is 0 Å². The molecule has 2 aliphatic carbocycles. The molecule has 0 N–H and O–H groups in total. The maximum absolute atomic E-state index is 2.69. The highest BCUT2D eigenvalue weighted by molar-refractivity contribution is 6.13. The lowest BCUT2D eigenvalue weighted by atomic mass is 9.88. The largest absolute Gasteiger partial charge is 0.357 e. The van der Waals surface area contributed by atoms with Crippen molar-refractivity contribution in [2.24, 2.45) is 0 Å². The number of anilines is 1. The van der Waals surface area contributed by atoms with Crippen molar-refractivity contribution < 1.29 is 0 Å². The molecule has 7 aromatic carbocycles. The number of hydrogen-bond donors (Lipinski definition) is 0. The van der Waals surface area contributed by atoms with Gasteiger partial charge in [-0.15, -0.1) is 0 Å². The van der Waals surface area contributed by atoms with Crippen molar-refractivity contribution in [1.82, 2.24) is 4.57 Å². The molecule has 2 atom stereocenters. The zero-order valence-corrected chi connectivity index (χ0v) is 32.0. The van der Waals surface area contributed by atoms with Crippen LogP contribution in [-0.4, -0.2) is 16.7 Å². The van der Waals surface area contributed by atoms with Gasteiger partial charge in [0, 0.05) is 27.7 Å². The molecule has 1 aliphatic heterocycles. The average molecular weight is 731 g/mol. The Bertz CT molecular complexity index is 3090. The number of nitrogens with zero attached hydrogens (tertiary/aromatic N) is 2. The minimum atomic E-state index is 0.301. The number of rotatable bonds is 6. The van der Waals surface area contributed by atoms with Crippen LogP contribution in [0.15, 0.2) is 194 Å². The van der Waals surface area contributed by atoms with Crippen molar-refractivity contribution in [1.29, 1.82) is 0 Å². The second kappa shape index (κ2) is 13.7. The Hall–Kier alpha value is -6.90. The first kappa shape index (κ1) is 33.4. The molecular formula is C55H42N2. The minimum Gasteiger partial charge on any atom is -0.357 e. The van der Waals surface area contributed by atoms with Gasteiger partial charge in [0.25, 0.3) is 0 Å². The van der Waals surface area contributed by atoms with Gasteiger partial charge in [-0.3, -0.25) is 0 Å². The lowest BCUT2D eigenvalue weighted by molar-refractivity contribution is 0.643. The third kappa shape index (κ3) is 5.55. The Balaban J connectivity index is 0.986. The van der Waals surface area contributed by atoms with Gasteiger partial charge in [-0.2, -0.15) is 0 Å². The fourth-order valence-electron chi connectivity index (χ4n) is 9.71. The summed E-state index contributed by atoms with van der Waals surface area (Å²) >= 11 is 0. The van der Waals surface area contributed by atoms with Crippen LogP contribution in [0, 0.1) is 0 Å². The molecule has 2 unspecified atom stereocenters. The molecule has 2 nitrogen and oxygen atoms in total. The van der Waals surface area contributed by atoms with E-state index < -0.39 is 0 Å². The van der Waals surface area contributed by atoms with Gasteiger partial charge in [-0.1, -0.05) is 152 Å². The summed E-state index contributed by atoms with van der Waals surface area (Å²) in [5.74, 6) is 0. The second-order valence-corrected chi connectivity index (χ2v) is 15.5. The van der Waals surface area contributed by atoms with Crippen molar-refractivity contribution in [2.75, 3.05) is 4.90 Å². The SMILES string of the molecule is C/C=C\C=C/c1cc2ccc(-n3c4ccccc4c4cc(C5=CCC6C(=C5)c5ccccc5N6C5C=C(c6ccccc6)C=CC5)ccc43)cc2c2ccccc12. The predicted molar refractivity (Wildman–Crippen MR) is 245 cm³/mol. The predicted octanol–water partition coefficient (Wildman–Crippen LogP) is 14.2. The Labute approximate surface area is 334 Å². The lowest BCUT2D eigenvalue weighted by Gasteiger charge is -2.36. The Morgan fingerprint density at radius 1 is 0.596 bits per heavy atom. The molecule has 0 spiro atoms. The van der Waals surface area contributed by atoms with Crippen molar-refractivity contribution in [2.45, 2.75) is 31.8 Å². The van der Waals surface area contributed by atoms with E-state index in [0.717, 1.165) is 12.8 Å². The van der Waals surface area contributed by atoms with Crippen LogP contribution in [0.3, 0.4) is 0 Å². The topological polar surface area (TPSA) is 8.17 Å².